The fourth-order valence-electron chi connectivity index (χ4n) is 4.55. The van der Waals surface area contributed by atoms with Crippen molar-refractivity contribution in [1.29, 1.82) is 0 Å². The highest BCUT2D eigenvalue weighted by Crippen LogP contribution is 2.39. The van der Waals surface area contributed by atoms with Gasteiger partial charge in [0, 0.05) is 49.4 Å². The quantitative estimate of drug-likeness (QED) is 0.874. The topological polar surface area (TPSA) is 88.2 Å². The van der Waals surface area contributed by atoms with Gasteiger partial charge in [0.25, 0.3) is 0 Å². The lowest BCUT2D eigenvalue weighted by Gasteiger charge is -2.48. The van der Waals surface area contributed by atoms with Gasteiger partial charge in [-0.3, -0.25) is 19.7 Å². The Morgan fingerprint density at radius 3 is 2.82 bits per heavy atom. The molecular formula is C21H28N6O. The number of piperidine rings is 2. The van der Waals surface area contributed by atoms with Crippen LogP contribution in [0.5, 0.6) is 0 Å². The number of aromatic nitrogens is 3. The maximum absolute atomic E-state index is 12.5. The smallest absolute Gasteiger partial charge is 0.222 e. The predicted octanol–water partition coefficient (Wildman–Crippen LogP) is 2.17. The van der Waals surface area contributed by atoms with Crippen molar-refractivity contribution in [3.05, 3.63) is 47.7 Å². The summed E-state index contributed by atoms with van der Waals surface area (Å²) in [4.78, 5) is 30.0. The van der Waals surface area contributed by atoms with Gasteiger partial charge < -0.3 is 10.6 Å². The van der Waals surface area contributed by atoms with Gasteiger partial charge in [-0.15, -0.1) is 0 Å². The molecule has 1 spiro atoms. The van der Waals surface area contributed by atoms with Crippen LogP contribution in [0.1, 0.15) is 42.6 Å². The molecule has 1 atom stereocenters. The highest BCUT2D eigenvalue weighted by Gasteiger charge is 2.41. The fraction of sp³-hybridized carbons (Fsp3) is 0.524. The minimum atomic E-state index is 0.154. The molecule has 4 rings (SSSR count). The third kappa shape index (κ3) is 4.14. The van der Waals surface area contributed by atoms with Crippen LogP contribution in [0.2, 0.25) is 0 Å². The van der Waals surface area contributed by atoms with Crippen molar-refractivity contribution in [2.24, 2.45) is 5.41 Å². The number of rotatable bonds is 4. The Morgan fingerprint density at radius 1 is 1.14 bits per heavy atom. The zero-order chi connectivity index (χ0) is 19.6. The lowest BCUT2D eigenvalue weighted by molar-refractivity contribution is -0.140. The predicted molar refractivity (Wildman–Crippen MR) is 107 cm³/mol. The van der Waals surface area contributed by atoms with E-state index < -0.39 is 0 Å². The van der Waals surface area contributed by atoms with E-state index in [2.05, 4.69) is 25.9 Å². The number of amides is 1. The molecule has 0 radical (unpaired) electrons. The molecule has 0 bridgehead atoms. The maximum Gasteiger partial charge on any atom is 0.222 e. The van der Waals surface area contributed by atoms with Crippen LogP contribution in [-0.4, -0.2) is 50.3 Å². The van der Waals surface area contributed by atoms with Crippen molar-refractivity contribution in [3.8, 4) is 0 Å². The number of carbonyl (C=O) groups excluding carboxylic acids is 1. The van der Waals surface area contributed by atoms with E-state index in [9.17, 15) is 4.79 Å². The third-order valence-electron chi connectivity index (χ3n) is 6.00. The molecule has 148 valence electrons. The van der Waals surface area contributed by atoms with Crippen LogP contribution in [0.4, 0.5) is 5.82 Å². The number of likely N-dealkylation sites (tertiary alicyclic amines) is 2. The molecule has 2 aromatic heterocycles. The molecule has 28 heavy (non-hydrogen) atoms. The molecule has 2 aromatic rings. The molecule has 0 unspecified atom stereocenters. The number of carbonyl (C=O) groups is 1. The first-order valence-corrected chi connectivity index (χ1v) is 10.0. The van der Waals surface area contributed by atoms with E-state index in [1.54, 1.807) is 18.6 Å². The Labute approximate surface area is 166 Å². The molecule has 2 aliphatic heterocycles. The highest BCUT2D eigenvalue weighted by atomic mass is 16.2. The summed E-state index contributed by atoms with van der Waals surface area (Å²) in [7, 11) is 0. The molecular weight excluding hydrogens is 352 g/mol. The zero-order valence-corrected chi connectivity index (χ0v) is 16.5. The SMILES string of the molecule is Cc1cnc(CN2C[C@@]3(CCCN(Cc4cccnc4N)C3)CCC2=O)cn1. The lowest BCUT2D eigenvalue weighted by atomic mass is 9.73. The maximum atomic E-state index is 12.5. The second-order valence-electron chi connectivity index (χ2n) is 8.26. The van der Waals surface area contributed by atoms with E-state index in [-0.39, 0.29) is 11.3 Å². The Bertz CT molecular complexity index is 839. The number of pyridine rings is 1. The first kappa shape index (κ1) is 18.8. The average molecular weight is 380 g/mol. The largest absolute Gasteiger partial charge is 0.383 e. The monoisotopic (exact) mass is 380 g/mol. The van der Waals surface area contributed by atoms with Gasteiger partial charge in [-0.2, -0.15) is 0 Å². The van der Waals surface area contributed by atoms with Gasteiger partial charge in [0.1, 0.15) is 5.82 Å². The van der Waals surface area contributed by atoms with Crippen molar-refractivity contribution in [2.75, 3.05) is 25.4 Å². The second-order valence-corrected chi connectivity index (χ2v) is 8.26. The molecule has 2 saturated heterocycles. The van der Waals surface area contributed by atoms with Gasteiger partial charge in [0.15, 0.2) is 0 Å². The van der Waals surface area contributed by atoms with Gasteiger partial charge in [-0.25, -0.2) is 4.98 Å². The minimum absolute atomic E-state index is 0.154. The molecule has 2 aliphatic rings. The van der Waals surface area contributed by atoms with Crippen LogP contribution < -0.4 is 5.73 Å². The molecule has 2 fully saturated rings. The number of hydrogen-bond donors (Lipinski definition) is 1. The number of anilines is 1. The van der Waals surface area contributed by atoms with E-state index in [4.69, 9.17) is 5.73 Å². The van der Waals surface area contributed by atoms with Gasteiger partial charge in [0.2, 0.25) is 5.91 Å². The number of nitrogens with zero attached hydrogens (tertiary/aromatic N) is 5. The summed E-state index contributed by atoms with van der Waals surface area (Å²) in [5.41, 5.74) is 9.02. The summed E-state index contributed by atoms with van der Waals surface area (Å²) in [6, 6.07) is 3.99. The number of aryl methyl sites for hydroxylation is 1. The summed E-state index contributed by atoms with van der Waals surface area (Å²) in [5.74, 6) is 0.835. The summed E-state index contributed by atoms with van der Waals surface area (Å²) in [5, 5.41) is 0. The van der Waals surface area contributed by atoms with Crippen molar-refractivity contribution in [2.45, 2.75) is 45.7 Å². The Hall–Kier alpha value is -2.54. The van der Waals surface area contributed by atoms with Crippen LogP contribution in [-0.2, 0) is 17.9 Å². The summed E-state index contributed by atoms with van der Waals surface area (Å²) in [6.45, 7) is 6.13. The summed E-state index contributed by atoms with van der Waals surface area (Å²) in [6.07, 6.45) is 9.16. The number of hydrogen-bond acceptors (Lipinski definition) is 6. The van der Waals surface area contributed by atoms with E-state index in [0.717, 1.165) is 62.4 Å². The van der Waals surface area contributed by atoms with Crippen LogP contribution in [0.15, 0.2) is 30.7 Å². The molecule has 0 aromatic carbocycles. The molecule has 7 heteroatoms. The first-order chi connectivity index (χ1) is 13.5. The summed E-state index contributed by atoms with van der Waals surface area (Å²) >= 11 is 0. The van der Waals surface area contributed by atoms with Gasteiger partial charge >= 0.3 is 0 Å². The molecule has 1 amide bonds. The second kappa shape index (κ2) is 7.83. The first-order valence-electron chi connectivity index (χ1n) is 10.0. The Kier molecular flexibility index (Phi) is 5.26. The zero-order valence-electron chi connectivity index (χ0n) is 16.5. The van der Waals surface area contributed by atoms with Crippen LogP contribution >= 0.6 is 0 Å². The molecule has 2 N–H and O–H groups in total. The van der Waals surface area contributed by atoms with Gasteiger partial charge in [-0.1, -0.05) is 6.07 Å². The normalized spacial score (nSPS) is 23.3. The van der Waals surface area contributed by atoms with Crippen LogP contribution in [0.25, 0.3) is 0 Å². The highest BCUT2D eigenvalue weighted by molar-refractivity contribution is 5.77. The van der Waals surface area contributed by atoms with Crippen LogP contribution in [0, 0.1) is 12.3 Å². The van der Waals surface area contributed by atoms with Crippen molar-refractivity contribution >= 4 is 11.7 Å². The van der Waals surface area contributed by atoms with Gasteiger partial charge in [-0.05, 0) is 38.8 Å². The van der Waals surface area contributed by atoms with Crippen molar-refractivity contribution in [3.63, 3.8) is 0 Å². The number of nitrogens with two attached hydrogens (primary N) is 1. The molecule has 0 aliphatic carbocycles. The van der Waals surface area contributed by atoms with Crippen molar-refractivity contribution < 1.29 is 4.79 Å². The lowest BCUT2D eigenvalue weighted by Crippen LogP contribution is -2.53. The van der Waals surface area contributed by atoms with Crippen molar-refractivity contribution in [1.82, 2.24) is 24.8 Å². The fourth-order valence-corrected chi connectivity index (χ4v) is 4.55. The Morgan fingerprint density at radius 2 is 2.04 bits per heavy atom. The number of nitrogen functional groups attached to an aromatic ring is 1. The van der Waals surface area contributed by atoms with E-state index in [1.165, 1.54) is 0 Å². The van der Waals surface area contributed by atoms with Crippen LogP contribution in [0.3, 0.4) is 0 Å². The van der Waals surface area contributed by atoms with Gasteiger partial charge in [0.05, 0.1) is 24.1 Å². The Balaban J connectivity index is 1.45. The standard InChI is InChI=1S/C21H28N6O/c1-16-10-25-18(11-24-16)13-27-15-21(7-5-19(27)28)6-3-9-26(14-21)12-17-4-2-8-23-20(17)22/h2,4,8,10-11H,3,5-7,9,12-15H2,1H3,(H2,22,23)/t21-/m0/s1. The molecule has 7 nitrogen and oxygen atoms in total. The van der Waals surface area contributed by atoms with E-state index >= 15 is 0 Å². The van der Waals surface area contributed by atoms with E-state index in [0.29, 0.717) is 18.8 Å². The molecule has 4 heterocycles. The summed E-state index contributed by atoms with van der Waals surface area (Å²) < 4.78 is 0. The van der Waals surface area contributed by atoms with E-state index in [1.807, 2.05) is 17.9 Å². The average Bonchev–Trinajstić information content (AvgIpc) is 2.69. The molecule has 0 saturated carbocycles. The minimum Gasteiger partial charge on any atom is -0.383 e. The third-order valence-corrected chi connectivity index (χ3v) is 6.00.